The Morgan fingerprint density at radius 2 is 1.79 bits per heavy atom. The van der Waals surface area contributed by atoms with E-state index >= 15 is 0 Å². The van der Waals surface area contributed by atoms with Gasteiger partial charge in [-0.05, 0) is 18.3 Å². The quantitative estimate of drug-likeness (QED) is 0.672. The highest BCUT2D eigenvalue weighted by Crippen LogP contribution is 2.64. The second-order valence-corrected chi connectivity index (χ2v) is 5.37. The number of ketones is 1. The van der Waals surface area contributed by atoms with E-state index < -0.39 is 5.92 Å². The van der Waals surface area contributed by atoms with E-state index in [-0.39, 0.29) is 35.9 Å². The molecule has 0 radical (unpaired) electrons. The van der Waals surface area contributed by atoms with E-state index in [4.69, 9.17) is 0 Å². The lowest BCUT2D eigenvalue weighted by Gasteiger charge is -2.57. The third kappa shape index (κ3) is 1.47. The lowest BCUT2D eigenvalue weighted by Crippen LogP contribution is -2.55. The van der Waals surface area contributed by atoms with E-state index in [1.54, 1.807) is 0 Å². The van der Waals surface area contributed by atoms with Crippen molar-refractivity contribution in [1.82, 2.24) is 0 Å². The van der Waals surface area contributed by atoms with Crippen LogP contribution in [-0.4, -0.2) is 11.7 Å². The van der Waals surface area contributed by atoms with Gasteiger partial charge in [0.25, 0.3) is 0 Å². The van der Waals surface area contributed by atoms with Gasteiger partial charge in [0.2, 0.25) is 5.92 Å². The molecule has 0 N–H and O–H groups in total. The number of hydrogen-bond acceptors (Lipinski definition) is 1. The van der Waals surface area contributed by atoms with Gasteiger partial charge in [-0.1, -0.05) is 13.8 Å². The normalized spacial score (nSPS) is 28.6. The highest BCUT2D eigenvalue weighted by atomic mass is 19.3. The summed E-state index contributed by atoms with van der Waals surface area (Å²) >= 11 is 0. The van der Waals surface area contributed by atoms with Crippen LogP contribution in [0.25, 0.3) is 0 Å². The van der Waals surface area contributed by atoms with Gasteiger partial charge < -0.3 is 0 Å². The van der Waals surface area contributed by atoms with Gasteiger partial charge in [-0.25, -0.2) is 8.78 Å². The molecule has 2 rings (SSSR count). The Bertz CT molecular complexity index is 254. The predicted molar refractivity (Wildman–Crippen MR) is 49.2 cm³/mol. The molecule has 0 saturated heterocycles. The Morgan fingerprint density at radius 1 is 1.29 bits per heavy atom. The Balaban J connectivity index is 1.84. The lowest BCUT2D eigenvalue weighted by molar-refractivity contribution is -0.207. The second kappa shape index (κ2) is 2.77. The molecule has 0 atom stereocenters. The number of alkyl halides is 2. The summed E-state index contributed by atoms with van der Waals surface area (Å²) in [6.07, 6.45) is 1.45. The van der Waals surface area contributed by atoms with Crippen molar-refractivity contribution in [2.24, 2.45) is 17.3 Å². The van der Waals surface area contributed by atoms with Crippen molar-refractivity contribution in [3.8, 4) is 0 Å². The van der Waals surface area contributed by atoms with Crippen molar-refractivity contribution < 1.29 is 13.6 Å². The van der Waals surface area contributed by atoms with Crippen LogP contribution in [0.1, 0.15) is 39.5 Å². The molecule has 1 spiro atoms. The number of halogens is 2. The van der Waals surface area contributed by atoms with Crippen LogP contribution >= 0.6 is 0 Å². The third-order valence-corrected chi connectivity index (χ3v) is 3.60. The smallest absolute Gasteiger partial charge is 0.249 e. The molecule has 2 saturated carbocycles. The van der Waals surface area contributed by atoms with Gasteiger partial charge in [0.05, 0.1) is 0 Å². The SMILES string of the molecule is CC(C)C(=O)C1CC2(C1)CC(F)(F)C2. The van der Waals surface area contributed by atoms with Gasteiger partial charge >= 0.3 is 0 Å². The minimum absolute atomic E-state index is 0.0157. The zero-order valence-electron chi connectivity index (χ0n) is 8.65. The first-order valence-electron chi connectivity index (χ1n) is 5.25. The average Bonchev–Trinajstić information content (AvgIpc) is 1.93. The molecule has 0 aliphatic heterocycles. The van der Waals surface area contributed by atoms with Crippen LogP contribution < -0.4 is 0 Å². The molecule has 2 fully saturated rings. The van der Waals surface area contributed by atoms with Crippen molar-refractivity contribution in [2.45, 2.75) is 45.5 Å². The van der Waals surface area contributed by atoms with Crippen molar-refractivity contribution in [3.63, 3.8) is 0 Å². The summed E-state index contributed by atoms with van der Waals surface area (Å²) < 4.78 is 25.3. The summed E-state index contributed by atoms with van der Waals surface area (Å²) in [7, 11) is 0. The molecule has 1 nitrogen and oxygen atoms in total. The largest absolute Gasteiger partial charge is 0.299 e. The fraction of sp³-hybridized carbons (Fsp3) is 0.909. The Kier molecular flexibility index (Phi) is 1.99. The van der Waals surface area contributed by atoms with Gasteiger partial charge in [-0.2, -0.15) is 0 Å². The fourth-order valence-electron chi connectivity index (χ4n) is 2.99. The first kappa shape index (κ1) is 10.1. The number of carbonyl (C=O) groups is 1. The molecule has 0 aromatic heterocycles. The van der Waals surface area contributed by atoms with Gasteiger partial charge in [0.1, 0.15) is 5.78 Å². The van der Waals surface area contributed by atoms with Crippen LogP contribution in [-0.2, 0) is 4.79 Å². The van der Waals surface area contributed by atoms with Crippen LogP contribution in [0.3, 0.4) is 0 Å². The molecule has 0 heterocycles. The molecule has 80 valence electrons. The fourth-order valence-corrected chi connectivity index (χ4v) is 2.99. The number of hydrogen-bond donors (Lipinski definition) is 0. The molecule has 14 heavy (non-hydrogen) atoms. The van der Waals surface area contributed by atoms with Gasteiger partial charge in [-0.3, -0.25) is 4.79 Å². The minimum Gasteiger partial charge on any atom is -0.299 e. The summed E-state index contributed by atoms with van der Waals surface area (Å²) in [5.41, 5.74) is -0.154. The Morgan fingerprint density at radius 3 is 2.14 bits per heavy atom. The third-order valence-electron chi connectivity index (χ3n) is 3.60. The van der Waals surface area contributed by atoms with Gasteiger partial charge in [0.15, 0.2) is 0 Å². The van der Waals surface area contributed by atoms with Crippen LogP contribution in [0.15, 0.2) is 0 Å². The lowest BCUT2D eigenvalue weighted by atomic mass is 9.49. The summed E-state index contributed by atoms with van der Waals surface area (Å²) in [6, 6.07) is 0. The van der Waals surface area contributed by atoms with Crippen molar-refractivity contribution in [3.05, 3.63) is 0 Å². The van der Waals surface area contributed by atoms with E-state index in [1.807, 2.05) is 13.8 Å². The van der Waals surface area contributed by atoms with E-state index in [2.05, 4.69) is 0 Å². The van der Waals surface area contributed by atoms with Gasteiger partial charge in [0, 0.05) is 24.7 Å². The maximum absolute atomic E-state index is 12.7. The highest BCUT2D eigenvalue weighted by Gasteiger charge is 2.62. The highest BCUT2D eigenvalue weighted by molar-refractivity contribution is 5.83. The minimum atomic E-state index is -2.44. The molecular formula is C11H16F2O. The molecular weight excluding hydrogens is 186 g/mol. The van der Waals surface area contributed by atoms with E-state index in [9.17, 15) is 13.6 Å². The molecule has 2 aliphatic rings. The first-order chi connectivity index (χ1) is 6.34. The molecule has 3 heteroatoms. The van der Waals surface area contributed by atoms with Gasteiger partial charge in [-0.15, -0.1) is 0 Å². The zero-order chi connectivity index (χ0) is 10.6. The summed E-state index contributed by atoms with van der Waals surface area (Å²) in [4.78, 5) is 11.5. The molecule has 0 unspecified atom stereocenters. The van der Waals surface area contributed by atoms with Crippen LogP contribution in [0.5, 0.6) is 0 Å². The Labute approximate surface area is 82.9 Å². The number of rotatable bonds is 2. The maximum atomic E-state index is 12.7. The van der Waals surface area contributed by atoms with Crippen LogP contribution in [0.4, 0.5) is 8.78 Å². The average molecular weight is 202 g/mol. The van der Waals surface area contributed by atoms with Crippen molar-refractivity contribution >= 4 is 5.78 Å². The summed E-state index contributed by atoms with van der Waals surface area (Å²) in [5.74, 6) is -2.05. The zero-order valence-corrected chi connectivity index (χ0v) is 8.65. The van der Waals surface area contributed by atoms with Crippen LogP contribution in [0.2, 0.25) is 0 Å². The van der Waals surface area contributed by atoms with E-state index in [0.29, 0.717) is 12.8 Å². The van der Waals surface area contributed by atoms with Crippen molar-refractivity contribution in [1.29, 1.82) is 0 Å². The molecule has 2 aliphatic carbocycles. The molecule has 0 amide bonds. The number of Topliss-reactive ketones (excluding diaryl/α,β-unsaturated/α-hetero) is 1. The number of carbonyl (C=O) groups excluding carboxylic acids is 1. The second-order valence-electron chi connectivity index (χ2n) is 5.37. The molecule has 0 bridgehead atoms. The van der Waals surface area contributed by atoms with E-state index in [1.165, 1.54) is 0 Å². The standard InChI is InChI=1S/C11H16F2O/c1-7(2)9(14)8-3-10(4-8)5-11(12,13)6-10/h7-8H,3-6H2,1-2H3. The first-order valence-corrected chi connectivity index (χ1v) is 5.25. The van der Waals surface area contributed by atoms with Crippen molar-refractivity contribution in [2.75, 3.05) is 0 Å². The molecule has 0 aromatic rings. The topological polar surface area (TPSA) is 17.1 Å². The van der Waals surface area contributed by atoms with Crippen LogP contribution in [0, 0.1) is 17.3 Å². The monoisotopic (exact) mass is 202 g/mol. The predicted octanol–water partition coefficient (Wildman–Crippen LogP) is 3.04. The summed E-state index contributed by atoms with van der Waals surface area (Å²) in [6.45, 7) is 3.76. The van der Waals surface area contributed by atoms with E-state index in [0.717, 1.165) is 0 Å². The molecule has 0 aromatic carbocycles. The Hall–Kier alpha value is -0.470. The maximum Gasteiger partial charge on any atom is 0.249 e. The summed E-state index contributed by atoms with van der Waals surface area (Å²) in [5, 5.41) is 0.